The Morgan fingerprint density at radius 1 is 0.597 bits per heavy atom. The summed E-state index contributed by atoms with van der Waals surface area (Å²) in [6, 6.07) is 0. The van der Waals surface area contributed by atoms with Crippen LogP contribution in [0.4, 0.5) is 0 Å². The lowest BCUT2D eigenvalue weighted by Gasteiger charge is -2.20. The number of aliphatic hydroxyl groups is 1. The standard InChI is InChI=1S/C46H84O14P2/c1-4-5-6-7-8-15-19-22-27-32-43-44(60-43)33-28-24-25-30-35-46(49)59-42(39-58-62(53,54)57-37-41(47)36-56-61(50,51)52)38-55-45(48)34-29-23-20-17-14-12-10-9-11-13-16-18-21-26-31-40(2)3/h8,15,22,24,27-28,40-44,47H,4-7,9-14,16-21,23,25-26,29-39H2,1-3H3,(H,53,54)(H2,50,51,52)/b15-8-,27-22-,28-24-/t41-,42+,43?,44?/m0/s1. The molecule has 62 heavy (non-hydrogen) atoms. The van der Waals surface area contributed by atoms with E-state index in [1.165, 1.54) is 89.9 Å². The first-order valence-corrected chi connectivity index (χ1v) is 26.7. The van der Waals surface area contributed by atoms with Crippen LogP contribution in [0.1, 0.15) is 188 Å². The zero-order chi connectivity index (χ0) is 45.7. The summed E-state index contributed by atoms with van der Waals surface area (Å²) in [5.41, 5.74) is 0. The van der Waals surface area contributed by atoms with Crippen molar-refractivity contribution < 1.29 is 66.3 Å². The summed E-state index contributed by atoms with van der Waals surface area (Å²) in [4.78, 5) is 52.9. The second-order valence-electron chi connectivity index (χ2n) is 16.9. The maximum Gasteiger partial charge on any atom is 0.472 e. The minimum Gasteiger partial charge on any atom is -0.462 e. The van der Waals surface area contributed by atoms with Gasteiger partial charge in [0.05, 0.1) is 32.0 Å². The smallest absolute Gasteiger partial charge is 0.462 e. The Bertz CT molecular complexity index is 1320. The number of allylic oxidation sites excluding steroid dienone is 4. The zero-order valence-corrected chi connectivity index (χ0v) is 40.1. The number of phosphoric ester groups is 2. The van der Waals surface area contributed by atoms with Gasteiger partial charge in [0.2, 0.25) is 0 Å². The third-order valence-corrected chi connectivity index (χ3v) is 11.8. The predicted molar refractivity (Wildman–Crippen MR) is 243 cm³/mol. The van der Waals surface area contributed by atoms with Crippen LogP contribution in [0.25, 0.3) is 0 Å². The Balaban J connectivity index is 2.37. The van der Waals surface area contributed by atoms with E-state index >= 15 is 0 Å². The SMILES string of the molecule is CCCCC/C=C\C/C=C\CC1OC1C/C=C\CCCC(=O)O[C@H](COC(=O)CCCCCCCCCCCCCCCCC(C)C)COP(=O)(O)OC[C@@H](O)COP(=O)(O)O. The molecule has 14 nitrogen and oxygen atoms in total. The van der Waals surface area contributed by atoms with Gasteiger partial charge in [-0.3, -0.25) is 23.2 Å². The first-order chi connectivity index (χ1) is 29.7. The second-order valence-corrected chi connectivity index (χ2v) is 19.6. The molecule has 0 aromatic carbocycles. The average molecular weight is 923 g/mol. The fourth-order valence-electron chi connectivity index (χ4n) is 6.63. The number of rotatable bonds is 43. The van der Waals surface area contributed by atoms with Crippen molar-refractivity contribution in [1.29, 1.82) is 0 Å². The molecule has 16 heteroatoms. The van der Waals surface area contributed by atoms with E-state index in [0.717, 1.165) is 50.9 Å². The van der Waals surface area contributed by atoms with Crippen LogP contribution in [0.15, 0.2) is 36.5 Å². The Morgan fingerprint density at radius 3 is 1.69 bits per heavy atom. The van der Waals surface area contributed by atoms with E-state index in [0.29, 0.717) is 19.3 Å². The Hall–Kier alpha value is -1.70. The second kappa shape index (κ2) is 37.5. The van der Waals surface area contributed by atoms with E-state index in [1.54, 1.807) is 0 Å². The van der Waals surface area contributed by atoms with Crippen LogP contribution in [-0.2, 0) is 46.5 Å². The van der Waals surface area contributed by atoms with Gasteiger partial charge in [-0.2, -0.15) is 0 Å². The van der Waals surface area contributed by atoms with Gasteiger partial charge >= 0.3 is 27.6 Å². The number of hydrogen-bond donors (Lipinski definition) is 4. The van der Waals surface area contributed by atoms with E-state index < -0.39 is 66.2 Å². The normalized spacial score (nSPS) is 17.6. The third-order valence-electron chi connectivity index (χ3n) is 10.4. The Kier molecular flexibility index (Phi) is 35.3. The number of esters is 2. The number of unbranched alkanes of at least 4 members (excludes halogenated alkanes) is 17. The summed E-state index contributed by atoms with van der Waals surface area (Å²) in [5.74, 6) is -0.291. The Labute approximate surface area is 373 Å². The molecule has 0 aromatic rings. The van der Waals surface area contributed by atoms with Crippen LogP contribution in [-0.4, -0.2) is 82.6 Å². The summed E-state index contributed by atoms with van der Waals surface area (Å²) < 4.78 is 53.6. The van der Waals surface area contributed by atoms with Crippen LogP contribution in [0.5, 0.6) is 0 Å². The quantitative estimate of drug-likeness (QED) is 0.0148. The topological polar surface area (TPSA) is 208 Å². The fraction of sp³-hybridized carbons (Fsp3) is 0.826. The van der Waals surface area contributed by atoms with Crippen LogP contribution in [0.2, 0.25) is 0 Å². The van der Waals surface area contributed by atoms with E-state index in [-0.39, 0.29) is 25.0 Å². The highest BCUT2D eigenvalue weighted by molar-refractivity contribution is 7.47. The number of phosphoric acid groups is 2. The molecule has 1 aliphatic rings. The maximum absolute atomic E-state index is 12.7. The lowest BCUT2D eigenvalue weighted by Crippen LogP contribution is -2.29. The van der Waals surface area contributed by atoms with Crippen molar-refractivity contribution in [3.63, 3.8) is 0 Å². The lowest BCUT2D eigenvalue weighted by atomic mass is 10.0. The minimum atomic E-state index is -4.87. The van der Waals surface area contributed by atoms with Crippen molar-refractivity contribution >= 4 is 27.6 Å². The highest BCUT2D eigenvalue weighted by Crippen LogP contribution is 2.44. The van der Waals surface area contributed by atoms with Crippen molar-refractivity contribution in [3.8, 4) is 0 Å². The molecule has 5 atom stereocenters. The molecule has 1 saturated heterocycles. The van der Waals surface area contributed by atoms with Crippen molar-refractivity contribution in [1.82, 2.24) is 0 Å². The maximum atomic E-state index is 12.7. The summed E-state index contributed by atoms with van der Waals surface area (Å²) in [6.45, 7) is 4.01. The van der Waals surface area contributed by atoms with Gasteiger partial charge in [-0.25, -0.2) is 9.13 Å². The molecule has 362 valence electrons. The lowest BCUT2D eigenvalue weighted by molar-refractivity contribution is -0.161. The molecule has 1 rings (SSSR count). The molecule has 0 bridgehead atoms. The molecule has 0 saturated carbocycles. The molecule has 3 unspecified atom stereocenters. The van der Waals surface area contributed by atoms with Gasteiger partial charge in [0.15, 0.2) is 6.10 Å². The van der Waals surface area contributed by atoms with Crippen LogP contribution < -0.4 is 0 Å². The van der Waals surface area contributed by atoms with Crippen LogP contribution in [0, 0.1) is 5.92 Å². The number of hydrogen-bond acceptors (Lipinski definition) is 11. The van der Waals surface area contributed by atoms with Gasteiger partial charge in [-0.15, -0.1) is 0 Å². The van der Waals surface area contributed by atoms with E-state index in [1.807, 2.05) is 12.2 Å². The highest BCUT2D eigenvalue weighted by atomic mass is 31.2. The largest absolute Gasteiger partial charge is 0.472 e. The van der Waals surface area contributed by atoms with Crippen molar-refractivity contribution in [3.05, 3.63) is 36.5 Å². The van der Waals surface area contributed by atoms with Crippen molar-refractivity contribution in [2.45, 2.75) is 212 Å². The monoisotopic (exact) mass is 923 g/mol. The number of carbonyl (C=O) groups excluding carboxylic acids is 2. The number of aliphatic hydroxyl groups excluding tert-OH is 1. The first kappa shape index (κ1) is 58.3. The minimum absolute atomic E-state index is 0.0485. The molecule has 0 aliphatic carbocycles. The summed E-state index contributed by atoms with van der Waals surface area (Å²) in [7, 11) is -9.70. The van der Waals surface area contributed by atoms with Gasteiger partial charge in [-0.1, -0.05) is 160 Å². The molecule has 0 aromatic heterocycles. The summed E-state index contributed by atoms with van der Waals surface area (Å²) in [5, 5.41) is 9.77. The number of ether oxygens (including phenoxy) is 3. The van der Waals surface area contributed by atoms with Gasteiger partial charge in [0.1, 0.15) is 12.7 Å². The molecule has 4 N–H and O–H groups in total. The van der Waals surface area contributed by atoms with Gasteiger partial charge < -0.3 is 34.0 Å². The number of carbonyl (C=O) groups is 2. The van der Waals surface area contributed by atoms with Crippen LogP contribution >= 0.6 is 15.6 Å². The molecule has 1 aliphatic heterocycles. The van der Waals surface area contributed by atoms with Gasteiger partial charge in [0.25, 0.3) is 0 Å². The molecule has 0 radical (unpaired) electrons. The summed E-state index contributed by atoms with van der Waals surface area (Å²) in [6.07, 6.45) is 37.4. The van der Waals surface area contributed by atoms with E-state index in [2.05, 4.69) is 49.6 Å². The molecular weight excluding hydrogens is 838 g/mol. The average Bonchev–Trinajstić information content (AvgIpc) is 3.98. The number of epoxide rings is 1. The van der Waals surface area contributed by atoms with E-state index in [4.69, 9.17) is 33.0 Å². The first-order valence-electron chi connectivity index (χ1n) is 23.7. The van der Waals surface area contributed by atoms with Crippen molar-refractivity contribution in [2.24, 2.45) is 5.92 Å². The summed E-state index contributed by atoms with van der Waals surface area (Å²) >= 11 is 0. The Morgan fingerprint density at radius 2 is 1.10 bits per heavy atom. The molecule has 1 fully saturated rings. The van der Waals surface area contributed by atoms with E-state index in [9.17, 15) is 28.7 Å². The molecule has 1 heterocycles. The molecule has 0 amide bonds. The van der Waals surface area contributed by atoms with Gasteiger partial charge in [0, 0.05) is 12.8 Å². The van der Waals surface area contributed by atoms with Crippen molar-refractivity contribution in [2.75, 3.05) is 26.4 Å². The molecule has 0 spiro atoms. The fourth-order valence-corrected chi connectivity index (χ4v) is 7.78. The molecular formula is C46H84O14P2. The third kappa shape index (κ3) is 38.7. The highest BCUT2D eigenvalue weighted by Gasteiger charge is 2.36. The predicted octanol–water partition coefficient (Wildman–Crippen LogP) is 11.3. The van der Waals surface area contributed by atoms with Crippen LogP contribution in [0.3, 0.4) is 0 Å². The zero-order valence-electron chi connectivity index (χ0n) is 38.3. The van der Waals surface area contributed by atoms with Gasteiger partial charge in [-0.05, 0) is 57.3 Å².